The standard InChI is InChI=1S/C21H16N2OS/c24-20(22-14-15-7-3-1-4-8-15)17-11-12-18-19(13-17)25-21(23-18)16-9-5-2-6-10-16/h1-13H,14H2,(H,22,24). The molecule has 0 bridgehead atoms. The Hall–Kier alpha value is -2.98. The van der Waals surface area contributed by atoms with Crippen LogP contribution in [0.5, 0.6) is 0 Å². The van der Waals surface area contributed by atoms with Gasteiger partial charge in [0.1, 0.15) is 5.01 Å². The summed E-state index contributed by atoms with van der Waals surface area (Å²) in [5, 5.41) is 3.93. The number of hydrogen-bond donors (Lipinski definition) is 1. The Balaban J connectivity index is 1.55. The van der Waals surface area contributed by atoms with E-state index in [2.05, 4.69) is 10.3 Å². The van der Waals surface area contributed by atoms with Gasteiger partial charge < -0.3 is 5.32 Å². The lowest BCUT2D eigenvalue weighted by Gasteiger charge is -2.05. The van der Waals surface area contributed by atoms with Crippen LogP contribution < -0.4 is 5.32 Å². The molecule has 0 aliphatic heterocycles. The molecule has 0 unspecified atom stereocenters. The zero-order valence-electron chi connectivity index (χ0n) is 13.5. The molecule has 0 saturated carbocycles. The van der Waals surface area contributed by atoms with E-state index >= 15 is 0 Å². The minimum Gasteiger partial charge on any atom is -0.348 e. The zero-order valence-corrected chi connectivity index (χ0v) is 14.3. The minimum absolute atomic E-state index is 0.0691. The molecule has 0 radical (unpaired) electrons. The van der Waals surface area contributed by atoms with Gasteiger partial charge in [0.25, 0.3) is 5.91 Å². The van der Waals surface area contributed by atoms with Gasteiger partial charge in [-0.05, 0) is 23.8 Å². The zero-order chi connectivity index (χ0) is 17.1. The van der Waals surface area contributed by atoms with E-state index in [-0.39, 0.29) is 5.91 Å². The number of amides is 1. The second-order valence-electron chi connectivity index (χ2n) is 5.74. The fourth-order valence-electron chi connectivity index (χ4n) is 2.65. The van der Waals surface area contributed by atoms with Crippen LogP contribution in [-0.4, -0.2) is 10.9 Å². The van der Waals surface area contributed by atoms with Crippen molar-refractivity contribution in [2.75, 3.05) is 0 Å². The molecule has 4 rings (SSSR count). The van der Waals surface area contributed by atoms with Crippen molar-refractivity contribution in [3.8, 4) is 10.6 Å². The van der Waals surface area contributed by atoms with Gasteiger partial charge in [-0.1, -0.05) is 60.7 Å². The van der Waals surface area contributed by atoms with Crippen molar-refractivity contribution in [1.29, 1.82) is 0 Å². The fourth-order valence-corrected chi connectivity index (χ4v) is 3.66. The molecular weight excluding hydrogens is 328 g/mol. The van der Waals surface area contributed by atoms with Crippen LogP contribution in [0, 0.1) is 0 Å². The molecule has 1 N–H and O–H groups in total. The highest BCUT2D eigenvalue weighted by atomic mass is 32.1. The van der Waals surface area contributed by atoms with Gasteiger partial charge in [0.2, 0.25) is 0 Å². The van der Waals surface area contributed by atoms with E-state index < -0.39 is 0 Å². The number of thiazole rings is 1. The Labute approximate surface area is 150 Å². The summed E-state index contributed by atoms with van der Waals surface area (Å²) >= 11 is 1.61. The predicted octanol–water partition coefficient (Wildman–Crippen LogP) is 4.89. The Bertz CT molecular complexity index is 1010. The second-order valence-corrected chi connectivity index (χ2v) is 6.77. The predicted molar refractivity (Wildman–Crippen MR) is 103 cm³/mol. The van der Waals surface area contributed by atoms with Gasteiger partial charge in [-0.15, -0.1) is 11.3 Å². The van der Waals surface area contributed by atoms with E-state index in [1.165, 1.54) is 0 Å². The summed E-state index contributed by atoms with van der Waals surface area (Å²) in [6.07, 6.45) is 0. The molecular formula is C21H16N2OS. The van der Waals surface area contributed by atoms with Gasteiger partial charge in [-0.2, -0.15) is 0 Å². The molecule has 0 aliphatic rings. The van der Waals surface area contributed by atoms with Gasteiger partial charge in [0.15, 0.2) is 0 Å². The third-order valence-electron chi connectivity index (χ3n) is 3.97. The van der Waals surface area contributed by atoms with Crippen molar-refractivity contribution in [2.24, 2.45) is 0 Å². The van der Waals surface area contributed by atoms with Crippen molar-refractivity contribution in [2.45, 2.75) is 6.54 Å². The molecule has 1 amide bonds. The maximum absolute atomic E-state index is 12.4. The van der Waals surface area contributed by atoms with E-state index in [0.717, 1.165) is 26.4 Å². The first kappa shape index (κ1) is 15.5. The summed E-state index contributed by atoms with van der Waals surface area (Å²) in [5.74, 6) is -0.0691. The fraction of sp³-hybridized carbons (Fsp3) is 0.0476. The maximum atomic E-state index is 12.4. The minimum atomic E-state index is -0.0691. The number of fused-ring (bicyclic) bond motifs is 1. The lowest BCUT2D eigenvalue weighted by molar-refractivity contribution is 0.0951. The number of nitrogens with zero attached hydrogens (tertiary/aromatic N) is 1. The molecule has 25 heavy (non-hydrogen) atoms. The molecule has 1 aromatic heterocycles. The largest absolute Gasteiger partial charge is 0.348 e. The van der Waals surface area contributed by atoms with Crippen LogP contribution in [0.15, 0.2) is 78.9 Å². The molecule has 4 aromatic rings. The third-order valence-corrected chi connectivity index (χ3v) is 5.03. The summed E-state index contributed by atoms with van der Waals surface area (Å²) in [6, 6.07) is 25.7. The Morgan fingerprint density at radius 3 is 2.40 bits per heavy atom. The Morgan fingerprint density at radius 1 is 0.920 bits per heavy atom. The summed E-state index contributed by atoms with van der Waals surface area (Å²) in [6.45, 7) is 0.523. The van der Waals surface area contributed by atoms with Crippen LogP contribution >= 0.6 is 11.3 Å². The number of nitrogens with one attached hydrogen (secondary N) is 1. The van der Waals surface area contributed by atoms with Crippen molar-refractivity contribution < 1.29 is 4.79 Å². The quantitative estimate of drug-likeness (QED) is 0.572. The van der Waals surface area contributed by atoms with Gasteiger partial charge >= 0.3 is 0 Å². The normalized spacial score (nSPS) is 10.7. The van der Waals surface area contributed by atoms with E-state index in [9.17, 15) is 4.79 Å². The van der Waals surface area contributed by atoms with E-state index in [1.807, 2.05) is 78.9 Å². The second kappa shape index (κ2) is 6.87. The van der Waals surface area contributed by atoms with E-state index in [0.29, 0.717) is 12.1 Å². The maximum Gasteiger partial charge on any atom is 0.251 e. The van der Waals surface area contributed by atoms with Gasteiger partial charge in [-0.25, -0.2) is 4.98 Å². The molecule has 0 saturated heterocycles. The summed E-state index contributed by atoms with van der Waals surface area (Å²) < 4.78 is 1.02. The highest BCUT2D eigenvalue weighted by molar-refractivity contribution is 7.21. The lowest BCUT2D eigenvalue weighted by Crippen LogP contribution is -2.22. The Kier molecular flexibility index (Phi) is 4.27. The Morgan fingerprint density at radius 2 is 1.64 bits per heavy atom. The van der Waals surface area contributed by atoms with Gasteiger partial charge in [0.05, 0.1) is 10.2 Å². The van der Waals surface area contributed by atoms with Crippen molar-refractivity contribution in [1.82, 2.24) is 10.3 Å². The van der Waals surface area contributed by atoms with Crippen LogP contribution in [0.25, 0.3) is 20.8 Å². The molecule has 0 spiro atoms. The molecule has 0 fully saturated rings. The van der Waals surface area contributed by atoms with Gasteiger partial charge in [0, 0.05) is 17.7 Å². The lowest BCUT2D eigenvalue weighted by atomic mass is 10.2. The van der Waals surface area contributed by atoms with Crippen molar-refractivity contribution in [3.05, 3.63) is 90.0 Å². The summed E-state index contributed by atoms with van der Waals surface area (Å²) in [4.78, 5) is 17.1. The number of carbonyl (C=O) groups excluding carboxylic acids is 1. The van der Waals surface area contributed by atoms with Crippen LogP contribution in [-0.2, 0) is 6.54 Å². The summed E-state index contributed by atoms with van der Waals surface area (Å²) in [7, 11) is 0. The van der Waals surface area contributed by atoms with Crippen LogP contribution in [0.3, 0.4) is 0 Å². The van der Waals surface area contributed by atoms with E-state index in [1.54, 1.807) is 11.3 Å². The van der Waals surface area contributed by atoms with Crippen molar-refractivity contribution in [3.63, 3.8) is 0 Å². The average molecular weight is 344 g/mol. The topological polar surface area (TPSA) is 42.0 Å². The molecule has 122 valence electrons. The summed E-state index contributed by atoms with van der Waals surface area (Å²) in [5.41, 5.74) is 3.76. The molecule has 3 nitrogen and oxygen atoms in total. The molecule has 3 aromatic carbocycles. The molecule has 1 heterocycles. The highest BCUT2D eigenvalue weighted by Gasteiger charge is 2.10. The number of benzene rings is 3. The first-order valence-corrected chi connectivity index (χ1v) is 8.89. The number of aromatic nitrogens is 1. The monoisotopic (exact) mass is 344 g/mol. The van der Waals surface area contributed by atoms with Crippen molar-refractivity contribution >= 4 is 27.5 Å². The molecule has 0 atom stereocenters. The smallest absolute Gasteiger partial charge is 0.251 e. The van der Waals surface area contributed by atoms with Crippen LogP contribution in [0.2, 0.25) is 0 Å². The highest BCUT2D eigenvalue weighted by Crippen LogP contribution is 2.30. The molecule has 4 heteroatoms. The molecule has 0 aliphatic carbocycles. The third kappa shape index (κ3) is 3.44. The SMILES string of the molecule is O=C(NCc1ccccc1)c1ccc2nc(-c3ccccc3)sc2c1. The van der Waals surface area contributed by atoms with Crippen LogP contribution in [0.4, 0.5) is 0 Å². The average Bonchev–Trinajstić information content (AvgIpc) is 3.11. The van der Waals surface area contributed by atoms with Crippen LogP contribution in [0.1, 0.15) is 15.9 Å². The van der Waals surface area contributed by atoms with Gasteiger partial charge in [-0.3, -0.25) is 4.79 Å². The van der Waals surface area contributed by atoms with E-state index in [4.69, 9.17) is 0 Å². The number of hydrogen-bond acceptors (Lipinski definition) is 3. The first-order valence-electron chi connectivity index (χ1n) is 8.08. The number of rotatable bonds is 4. The number of carbonyl (C=O) groups is 1. The first-order chi connectivity index (χ1) is 12.3.